The van der Waals surface area contributed by atoms with Crippen LogP contribution in [0.25, 0.3) is 4.85 Å². The van der Waals surface area contributed by atoms with Crippen LogP contribution in [-0.2, 0) is 40.8 Å². The first kappa shape index (κ1) is 36.0. The van der Waals surface area contributed by atoms with Gasteiger partial charge in [0.05, 0.1) is 12.4 Å². The number of halogens is 4. The Morgan fingerprint density at radius 3 is 1.80 bits per heavy atom. The minimum absolute atomic E-state index is 0. The molecule has 3 N–H and O–H groups in total. The second-order valence-corrected chi connectivity index (χ2v) is 13.7. The van der Waals surface area contributed by atoms with Gasteiger partial charge in [0.15, 0.2) is 11.8 Å². The fraction of sp³-hybridized carbons (Fsp3) is 0.345. The van der Waals surface area contributed by atoms with Crippen molar-refractivity contribution in [3.63, 3.8) is 0 Å². The zero-order valence-electron chi connectivity index (χ0n) is 22.5. The molecule has 0 spiro atoms. The number of rotatable bonds is 10. The molecule has 2 aromatic heterocycles. The van der Waals surface area contributed by atoms with E-state index in [2.05, 4.69) is 20.1 Å². The molecule has 0 radical (unpaired) electrons. The summed E-state index contributed by atoms with van der Waals surface area (Å²) in [6.07, 6.45) is 10.6. The van der Waals surface area contributed by atoms with E-state index >= 15 is 0 Å². The van der Waals surface area contributed by atoms with Crippen LogP contribution in [-0.4, -0.2) is 15.6 Å². The zero-order valence-corrected chi connectivity index (χ0v) is 26.9. The average molecular weight is 660 g/mol. The van der Waals surface area contributed by atoms with Gasteiger partial charge in [-0.2, -0.15) is 0 Å². The predicted octanol–water partition coefficient (Wildman–Crippen LogP) is 8.64. The summed E-state index contributed by atoms with van der Waals surface area (Å²) < 4.78 is 37.7. The van der Waals surface area contributed by atoms with Crippen molar-refractivity contribution >= 4 is 30.8 Å². The van der Waals surface area contributed by atoms with E-state index in [1.54, 1.807) is 56.8 Å². The van der Waals surface area contributed by atoms with Gasteiger partial charge in [0.2, 0.25) is 0 Å². The fourth-order valence-corrected chi connectivity index (χ4v) is 3.59. The molecule has 218 valence electrons. The molecule has 0 fully saturated rings. The SMILES string of the molecule is C.Nc1ccc(CCCc2ncco2)c(F)c1.[C-]#[N+]C(C)(C)Nc1ccc(CCCc2ncco2)c(F)c1.[Cl][Zn][Cl]. The van der Waals surface area contributed by atoms with E-state index in [1.165, 1.54) is 18.4 Å². The van der Waals surface area contributed by atoms with E-state index in [-0.39, 0.29) is 19.1 Å². The number of aromatic nitrogens is 2. The summed E-state index contributed by atoms with van der Waals surface area (Å²) in [6, 6.07) is 9.78. The van der Waals surface area contributed by atoms with Gasteiger partial charge in [-0.15, -0.1) is 0 Å². The van der Waals surface area contributed by atoms with Crippen molar-refractivity contribution in [1.82, 2.24) is 9.97 Å². The summed E-state index contributed by atoms with van der Waals surface area (Å²) >= 11 is -0.931. The molecule has 0 aliphatic heterocycles. The van der Waals surface area contributed by atoms with E-state index in [0.717, 1.165) is 19.3 Å². The van der Waals surface area contributed by atoms with E-state index < -0.39 is 20.8 Å². The average Bonchev–Trinajstić information content (AvgIpc) is 3.62. The third-order valence-corrected chi connectivity index (χ3v) is 5.50. The third-order valence-electron chi connectivity index (χ3n) is 5.50. The van der Waals surface area contributed by atoms with Crippen molar-refractivity contribution < 1.29 is 32.8 Å². The normalized spacial score (nSPS) is 10.1. The summed E-state index contributed by atoms with van der Waals surface area (Å²) in [6.45, 7) is 10.6. The molecule has 0 aliphatic carbocycles. The fourth-order valence-electron chi connectivity index (χ4n) is 3.59. The number of hydrogen-bond acceptors (Lipinski definition) is 6. The van der Waals surface area contributed by atoms with Gasteiger partial charge in [-0.3, -0.25) is 4.85 Å². The van der Waals surface area contributed by atoms with E-state index in [9.17, 15) is 8.78 Å². The van der Waals surface area contributed by atoms with Gasteiger partial charge in [0.1, 0.15) is 24.2 Å². The number of nitrogen functional groups attached to an aromatic ring is 1. The molecule has 0 unspecified atom stereocenters. The Kier molecular flexibility index (Phi) is 16.9. The Hall–Kier alpha value is -2.99. The predicted molar refractivity (Wildman–Crippen MR) is 157 cm³/mol. The first-order chi connectivity index (χ1) is 19.2. The third kappa shape index (κ3) is 14.0. The maximum atomic E-state index is 14.0. The van der Waals surface area contributed by atoms with Crippen molar-refractivity contribution in [2.45, 2.75) is 65.5 Å². The van der Waals surface area contributed by atoms with Crippen molar-refractivity contribution in [2.24, 2.45) is 0 Å². The molecule has 12 heteroatoms. The molecule has 0 amide bonds. The zero-order chi connectivity index (χ0) is 29.4. The van der Waals surface area contributed by atoms with Crippen LogP contribution in [0.15, 0.2) is 70.2 Å². The topological polar surface area (TPSA) is 94.5 Å². The molecule has 41 heavy (non-hydrogen) atoms. The summed E-state index contributed by atoms with van der Waals surface area (Å²) in [4.78, 5) is 11.5. The summed E-state index contributed by atoms with van der Waals surface area (Å²) in [5.74, 6) is 0.865. The molecule has 4 aromatic rings. The Labute approximate surface area is 256 Å². The maximum absolute atomic E-state index is 14.0. The standard InChI is InChI=1S/C16H18FN3O.C12H13FN2O.CH4.2ClH.Zn/c1-16(2,18-3)20-13-8-7-12(14(17)11-13)5-4-6-15-19-9-10-21-15;13-11-8-10(14)5-4-9(11)2-1-3-12-15-6-7-16-12;;;;/h7-11,20H,4-6H2,1-2H3;4-8H,1-3,14H2;1H4;2*1H;/q;;;;;+2/p-2. The van der Waals surface area contributed by atoms with Crippen molar-refractivity contribution in [3.8, 4) is 0 Å². The van der Waals surface area contributed by atoms with Crippen LogP contribution in [0.4, 0.5) is 20.2 Å². The van der Waals surface area contributed by atoms with E-state index in [0.29, 0.717) is 53.5 Å². The molecule has 2 heterocycles. The molecule has 0 aliphatic rings. The summed E-state index contributed by atoms with van der Waals surface area (Å²) in [5, 5.41) is 3.00. The molecule has 0 saturated carbocycles. The number of aryl methyl sites for hydroxylation is 4. The van der Waals surface area contributed by atoms with Gasteiger partial charge in [0.25, 0.3) is 5.66 Å². The van der Waals surface area contributed by atoms with Crippen molar-refractivity contribution in [1.29, 1.82) is 0 Å². The Balaban J connectivity index is 0.000000376. The van der Waals surface area contributed by atoms with Gasteiger partial charge >= 0.3 is 34.5 Å². The van der Waals surface area contributed by atoms with Crippen LogP contribution in [0, 0.1) is 18.2 Å². The van der Waals surface area contributed by atoms with Crippen molar-refractivity contribution in [3.05, 3.63) is 107 Å². The van der Waals surface area contributed by atoms with Crippen LogP contribution in [0.5, 0.6) is 0 Å². The summed E-state index contributed by atoms with van der Waals surface area (Å²) in [5.41, 5.74) is 7.14. The van der Waals surface area contributed by atoms with Crippen LogP contribution in [0.1, 0.15) is 57.0 Å². The van der Waals surface area contributed by atoms with Crippen LogP contribution in [0.3, 0.4) is 0 Å². The van der Waals surface area contributed by atoms with Gasteiger partial charge < -0.3 is 19.9 Å². The second kappa shape index (κ2) is 19.2. The van der Waals surface area contributed by atoms with Crippen LogP contribution < -0.4 is 11.1 Å². The number of anilines is 2. The molecule has 7 nitrogen and oxygen atoms in total. The molecule has 0 bridgehead atoms. The molecule has 4 rings (SSSR count). The number of nitrogens with two attached hydrogens (primary N) is 1. The first-order valence-corrected chi connectivity index (χ1v) is 20.3. The van der Waals surface area contributed by atoms with E-state index in [1.807, 2.05) is 0 Å². The second-order valence-electron chi connectivity index (χ2n) is 9.11. The van der Waals surface area contributed by atoms with Crippen LogP contribution >= 0.6 is 19.4 Å². The molecule has 2 aromatic carbocycles. The number of oxazole rings is 2. The summed E-state index contributed by atoms with van der Waals surface area (Å²) in [7, 11) is 9.90. The Morgan fingerprint density at radius 1 is 0.902 bits per heavy atom. The van der Waals surface area contributed by atoms with Gasteiger partial charge in [-0.25, -0.2) is 25.3 Å². The Bertz CT molecular complexity index is 1320. The number of hydrogen-bond donors (Lipinski definition) is 2. The van der Waals surface area contributed by atoms with Gasteiger partial charge in [0, 0.05) is 38.1 Å². The molecular formula is C29H35Cl2F2N5O2Zn. The number of nitrogens with zero attached hydrogens (tertiary/aromatic N) is 3. The Morgan fingerprint density at radius 2 is 1.39 bits per heavy atom. The van der Waals surface area contributed by atoms with Crippen LogP contribution in [0.2, 0.25) is 0 Å². The first-order valence-electron chi connectivity index (χ1n) is 12.5. The molecular weight excluding hydrogens is 625 g/mol. The van der Waals surface area contributed by atoms with Gasteiger partial charge in [-0.1, -0.05) is 19.6 Å². The van der Waals surface area contributed by atoms with Crippen molar-refractivity contribution in [2.75, 3.05) is 11.1 Å². The number of benzene rings is 2. The monoisotopic (exact) mass is 657 g/mol. The van der Waals surface area contributed by atoms with Gasteiger partial charge in [-0.05, 0) is 61.1 Å². The molecule has 0 saturated heterocycles. The number of nitrogens with one attached hydrogen (secondary N) is 1. The minimum atomic E-state index is -0.931. The molecule has 0 atom stereocenters. The quantitative estimate of drug-likeness (QED) is 0.101. The van der Waals surface area contributed by atoms with E-state index in [4.69, 9.17) is 40.5 Å².